The summed E-state index contributed by atoms with van der Waals surface area (Å²) >= 11 is 0. The number of aromatic nitrogens is 4. The van der Waals surface area contributed by atoms with Crippen molar-refractivity contribution in [3.05, 3.63) is 78.6 Å². The highest BCUT2D eigenvalue weighted by Gasteiger charge is 2.20. The molecule has 0 atom stereocenters. The summed E-state index contributed by atoms with van der Waals surface area (Å²) in [6.07, 6.45) is 3.76. The Morgan fingerprint density at radius 3 is 2.61 bits per heavy atom. The van der Waals surface area contributed by atoms with E-state index in [4.69, 9.17) is 5.10 Å². The smallest absolute Gasteiger partial charge is 0.260 e. The van der Waals surface area contributed by atoms with Gasteiger partial charge in [0.15, 0.2) is 0 Å². The van der Waals surface area contributed by atoms with Gasteiger partial charge in [-0.1, -0.05) is 35.0 Å². The summed E-state index contributed by atoms with van der Waals surface area (Å²) in [6.45, 7) is 2.07. The molecule has 3 aromatic heterocycles. The minimum atomic E-state index is 0.751. The van der Waals surface area contributed by atoms with Crippen LogP contribution in [0.2, 0.25) is 0 Å². The van der Waals surface area contributed by atoms with Crippen LogP contribution in [0.3, 0.4) is 0 Å². The number of anilines is 2. The van der Waals surface area contributed by atoms with Crippen LogP contribution in [0.15, 0.2) is 73.1 Å². The minimum absolute atomic E-state index is 0.751. The Kier molecular flexibility index (Phi) is 3.24. The van der Waals surface area contributed by atoms with Gasteiger partial charge in [0, 0.05) is 17.4 Å². The summed E-state index contributed by atoms with van der Waals surface area (Å²) in [6, 6.07) is 20.0. The molecule has 0 saturated heterocycles. The first-order valence-electron chi connectivity index (χ1n) is 7.46. The summed E-state index contributed by atoms with van der Waals surface area (Å²) in [7, 11) is 0. The number of hydrogen-bond acceptors (Lipinski definition) is 3. The molecule has 0 saturated carbocycles. The van der Waals surface area contributed by atoms with Crippen LogP contribution in [0.5, 0.6) is 0 Å². The SMILES string of the molecule is Cc1ccccc1Nc1nn(-c2ccccn2)c2cccc[n+]12. The number of hydrogen-bond donors (Lipinski definition) is 1. The van der Waals surface area contributed by atoms with Gasteiger partial charge in [0.25, 0.3) is 0 Å². The largest absolute Gasteiger partial charge is 0.387 e. The van der Waals surface area contributed by atoms with E-state index in [1.807, 2.05) is 69.9 Å². The third kappa shape index (κ3) is 2.42. The number of nitrogens with zero attached hydrogens (tertiary/aromatic N) is 4. The molecular formula is C18H16N5+. The van der Waals surface area contributed by atoms with Crippen molar-refractivity contribution < 1.29 is 4.40 Å². The van der Waals surface area contributed by atoms with Crippen molar-refractivity contribution in [2.24, 2.45) is 0 Å². The van der Waals surface area contributed by atoms with E-state index in [0.717, 1.165) is 23.1 Å². The summed E-state index contributed by atoms with van der Waals surface area (Å²) in [5, 5.41) is 8.11. The zero-order valence-corrected chi connectivity index (χ0v) is 12.7. The molecule has 0 aliphatic heterocycles. The number of fused-ring (bicyclic) bond motifs is 1. The number of rotatable bonds is 3. The Morgan fingerprint density at radius 2 is 1.78 bits per heavy atom. The first-order chi connectivity index (χ1) is 11.3. The van der Waals surface area contributed by atoms with E-state index in [1.54, 1.807) is 6.20 Å². The molecule has 23 heavy (non-hydrogen) atoms. The van der Waals surface area contributed by atoms with E-state index in [9.17, 15) is 0 Å². The van der Waals surface area contributed by atoms with Crippen LogP contribution in [0.1, 0.15) is 5.56 Å². The molecule has 1 N–H and O–H groups in total. The fourth-order valence-electron chi connectivity index (χ4n) is 2.55. The third-order valence-electron chi connectivity index (χ3n) is 3.74. The standard InChI is InChI=1S/C18H16N5/c1-14-8-2-3-9-15(14)20-18-21-23(16-10-4-6-12-19-16)17-11-5-7-13-22(17)18/h2-13H,1H3,(H,20,21)/q+1. The average molecular weight is 302 g/mol. The molecule has 0 unspecified atom stereocenters. The normalized spacial score (nSPS) is 10.8. The predicted octanol–water partition coefficient (Wildman–Crippen LogP) is 3.06. The van der Waals surface area contributed by atoms with E-state index >= 15 is 0 Å². The second kappa shape index (κ2) is 5.53. The van der Waals surface area contributed by atoms with Crippen LogP contribution < -0.4 is 9.72 Å². The van der Waals surface area contributed by atoms with Crippen molar-refractivity contribution in [1.82, 2.24) is 14.8 Å². The van der Waals surface area contributed by atoms with E-state index in [1.165, 1.54) is 5.56 Å². The van der Waals surface area contributed by atoms with Crippen molar-refractivity contribution in [2.45, 2.75) is 6.92 Å². The molecule has 0 fully saturated rings. The molecule has 0 bridgehead atoms. The molecule has 1 aromatic carbocycles. The molecule has 0 spiro atoms. The molecule has 4 aromatic rings. The average Bonchev–Trinajstić information content (AvgIpc) is 2.97. The van der Waals surface area contributed by atoms with Crippen molar-refractivity contribution in [3.8, 4) is 5.82 Å². The first-order valence-corrected chi connectivity index (χ1v) is 7.46. The number of benzene rings is 1. The Morgan fingerprint density at radius 1 is 0.957 bits per heavy atom. The van der Waals surface area contributed by atoms with Gasteiger partial charge in [-0.05, 0) is 36.8 Å². The topological polar surface area (TPSA) is 46.8 Å². The van der Waals surface area contributed by atoms with Gasteiger partial charge in [0.2, 0.25) is 11.5 Å². The maximum absolute atomic E-state index is 4.70. The minimum Gasteiger partial charge on any atom is -0.260 e. The van der Waals surface area contributed by atoms with Gasteiger partial charge < -0.3 is 0 Å². The molecule has 0 aliphatic carbocycles. The number of aryl methyl sites for hydroxylation is 1. The zero-order valence-electron chi connectivity index (χ0n) is 12.7. The second-order valence-electron chi connectivity index (χ2n) is 5.29. The molecule has 4 rings (SSSR count). The highest BCUT2D eigenvalue weighted by atomic mass is 15.4. The molecule has 112 valence electrons. The maximum Gasteiger partial charge on any atom is 0.387 e. The summed E-state index contributed by atoms with van der Waals surface area (Å²) in [5.74, 6) is 1.54. The van der Waals surface area contributed by atoms with Crippen molar-refractivity contribution in [1.29, 1.82) is 0 Å². The van der Waals surface area contributed by atoms with Gasteiger partial charge in [-0.3, -0.25) is 5.32 Å². The molecule has 3 heterocycles. The highest BCUT2D eigenvalue weighted by molar-refractivity contribution is 5.57. The summed E-state index contributed by atoms with van der Waals surface area (Å²) in [4.78, 5) is 4.40. The lowest BCUT2D eigenvalue weighted by Crippen LogP contribution is -2.23. The quantitative estimate of drug-likeness (QED) is 0.592. The van der Waals surface area contributed by atoms with Gasteiger partial charge >= 0.3 is 5.95 Å². The van der Waals surface area contributed by atoms with Crippen LogP contribution in [-0.2, 0) is 0 Å². The van der Waals surface area contributed by atoms with Crippen LogP contribution in [0.4, 0.5) is 11.6 Å². The van der Waals surface area contributed by atoms with Crippen LogP contribution in [0, 0.1) is 6.92 Å². The fraction of sp³-hybridized carbons (Fsp3) is 0.0556. The number of para-hydroxylation sites is 1. The second-order valence-corrected chi connectivity index (χ2v) is 5.29. The van der Waals surface area contributed by atoms with Gasteiger partial charge in [-0.25, -0.2) is 4.98 Å². The molecule has 0 radical (unpaired) electrons. The number of pyridine rings is 2. The van der Waals surface area contributed by atoms with Crippen molar-refractivity contribution in [2.75, 3.05) is 5.32 Å². The van der Waals surface area contributed by atoms with E-state index in [2.05, 4.69) is 23.3 Å². The van der Waals surface area contributed by atoms with Gasteiger partial charge in [0.05, 0.1) is 11.9 Å². The van der Waals surface area contributed by atoms with E-state index in [-0.39, 0.29) is 0 Å². The highest BCUT2D eigenvalue weighted by Crippen LogP contribution is 2.18. The Labute approximate surface area is 133 Å². The lowest BCUT2D eigenvalue weighted by atomic mass is 10.2. The lowest BCUT2D eigenvalue weighted by molar-refractivity contribution is -0.496. The summed E-state index contributed by atoms with van der Waals surface area (Å²) in [5.41, 5.74) is 3.16. The van der Waals surface area contributed by atoms with Gasteiger partial charge in [-0.15, -0.1) is 0 Å². The lowest BCUT2D eigenvalue weighted by Gasteiger charge is -2.01. The van der Waals surface area contributed by atoms with Crippen LogP contribution in [-0.4, -0.2) is 14.8 Å². The fourth-order valence-corrected chi connectivity index (χ4v) is 2.55. The van der Waals surface area contributed by atoms with Crippen LogP contribution >= 0.6 is 0 Å². The summed E-state index contributed by atoms with van der Waals surface area (Å²) < 4.78 is 3.85. The molecule has 0 amide bonds. The Bertz CT molecular complexity index is 959. The van der Waals surface area contributed by atoms with E-state index < -0.39 is 0 Å². The maximum atomic E-state index is 4.70. The van der Waals surface area contributed by atoms with E-state index in [0.29, 0.717) is 0 Å². The molecule has 5 nitrogen and oxygen atoms in total. The van der Waals surface area contributed by atoms with Crippen LogP contribution in [0.25, 0.3) is 11.5 Å². The third-order valence-corrected chi connectivity index (χ3v) is 3.74. The molecule has 5 heteroatoms. The predicted molar refractivity (Wildman–Crippen MR) is 89.0 cm³/mol. The van der Waals surface area contributed by atoms with Crippen molar-refractivity contribution >= 4 is 17.3 Å². The monoisotopic (exact) mass is 302 g/mol. The van der Waals surface area contributed by atoms with Crippen molar-refractivity contribution in [3.63, 3.8) is 0 Å². The van der Waals surface area contributed by atoms with Gasteiger partial charge in [-0.2, -0.15) is 4.40 Å². The first kappa shape index (κ1) is 13.5. The zero-order chi connectivity index (χ0) is 15.6. The molecule has 0 aliphatic rings. The Balaban J connectivity index is 1.87. The Hall–Kier alpha value is -3.21. The van der Waals surface area contributed by atoms with Gasteiger partial charge in [0.1, 0.15) is 0 Å². The molecular weight excluding hydrogens is 286 g/mol. The number of nitrogens with one attached hydrogen (secondary N) is 1.